The summed E-state index contributed by atoms with van der Waals surface area (Å²) in [5, 5.41) is 19.2. The van der Waals surface area contributed by atoms with Gasteiger partial charge in [-0.05, 0) is 24.3 Å². The number of phenols is 2. The van der Waals surface area contributed by atoms with Gasteiger partial charge in [0.05, 0.1) is 18.2 Å². The van der Waals surface area contributed by atoms with Gasteiger partial charge < -0.3 is 19.7 Å². The largest absolute Gasteiger partial charge is 0.507 e. The van der Waals surface area contributed by atoms with E-state index in [0.717, 1.165) is 12.1 Å². The van der Waals surface area contributed by atoms with E-state index in [2.05, 4.69) is 0 Å². The van der Waals surface area contributed by atoms with Crippen LogP contribution in [0.1, 0.15) is 20.7 Å². The van der Waals surface area contributed by atoms with Gasteiger partial charge in [0.2, 0.25) is 11.6 Å². The van der Waals surface area contributed by atoms with Gasteiger partial charge in [0.15, 0.2) is 5.76 Å². The number of benzene rings is 2. The number of carbonyl (C=O) groups is 2. The Labute approximate surface area is 141 Å². The minimum absolute atomic E-state index is 0.228. The van der Waals surface area contributed by atoms with Crippen molar-refractivity contribution < 1.29 is 29.3 Å². The zero-order chi connectivity index (χ0) is 17.4. The van der Waals surface area contributed by atoms with Crippen LogP contribution in [0.4, 0.5) is 0 Å². The molecule has 0 saturated carbocycles. The Bertz CT molecular complexity index is 900. The third kappa shape index (κ3) is 2.47. The zero-order valence-corrected chi connectivity index (χ0v) is 13.1. The van der Waals surface area contributed by atoms with E-state index in [0.29, 0.717) is 5.75 Å². The first kappa shape index (κ1) is 15.9. The molecule has 0 unspecified atom stereocenters. The first-order valence-electron chi connectivity index (χ1n) is 6.80. The number of fused-ring (bicyclic) bond motifs is 1. The van der Waals surface area contributed by atoms with Gasteiger partial charge in [0, 0.05) is 6.07 Å². The van der Waals surface area contributed by atoms with E-state index >= 15 is 0 Å². The lowest BCUT2D eigenvalue weighted by Crippen LogP contribution is -2.23. The number of hydrogen-bond donors (Lipinski definition) is 2. The maximum Gasteiger partial charge on any atom is 0.234 e. The fourth-order valence-electron chi connectivity index (χ4n) is 2.34. The van der Waals surface area contributed by atoms with E-state index in [1.165, 1.54) is 13.2 Å². The van der Waals surface area contributed by atoms with Crippen LogP contribution in [0, 0.1) is 0 Å². The van der Waals surface area contributed by atoms with Gasteiger partial charge in [-0.2, -0.15) is 0 Å². The molecule has 0 heterocycles. The molecule has 3 rings (SSSR count). The number of rotatable bonds is 3. The van der Waals surface area contributed by atoms with Crippen LogP contribution in [0.3, 0.4) is 0 Å². The predicted octanol–water partition coefficient (Wildman–Crippen LogP) is 3.01. The van der Waals surface area contributed by atoms with Crippen molar-refractivity contribution in [1.29, 1.82) is 0 Å². The molecule has 0 spiro atoms. The van der Waals surface area contributed by atoms with Crippen LogP contribution >= 0.6 is 11.6 Å². The number of aromatic hydroxyl groups is 2. The maximum absolute atomic E-state index is 12.6. The van der Waals surface area contributed by atoms with Gasteiger partial charge in [0.25, 0.3) is 0 Å². The maximum atomic E-state index is 12.6. The van der Waals surface area contributed by atoms with Crippen molar-refractivity contribution in [3.63, 3.8) is 0 Å². The summed E-state index contributed by atoms with van der Waals surface area (Å²) in [7, 11) is 1.47. The predicted molar refractivity (Wildman–Crippen MR) is 84.9 cm³/mol. The van der Waals surface area contributed by atoms with Crippen LogP contribution < -0.4 is 9.47 Å². The molecule has 122 valence electrons. The molecule has 0 fully saturated rings. The lowest BCUT2D eigenvalue weighted by atomic mass is 9.91. The Kier molecular flexibility index (Phi) is 3.91. The average molecular weight is 347 g/mol. The second kappa shape index (κ2) is 5.90. The summed E-state index contributed by atoms with van der Waals surface area (Å²) < 4.78 is 10.5. The summed E-state index contributed by atoms with van der Waals surface area (Å²) in [5.41, 5.74) is -0.690. The summed E-state index contributed by atoms with van der Waals surface area (Å²) in [4.78, 5) is 24.9. The fraction of sp³-hybridized carbons (Fsp3) is 0.0588. The standard InChI is InChI=1S/C17H11ClO6/c1-23-8-3-2-4-9(7-8)24-17-14(18)15(21)12-10(19)5-6-11(20)13(12)16(17)22/h2-7,19-20H,1H3. The second-order valence-electron chi connectivity index (χ2n) is 4.94. The van der Waals surface area contributed by atoms with E-state index in [1.807, 2.05) is 0 Å². The van der Waals surface area contributed by atoms with Gasteiger partial charge in [-0.1, -0.05) is 17.7 Å². The molecule has 2 aromatic carbocycles. The fourth-order valence-corrected chi connectivity index (χ4v) is 2.56. The van der Waals surface area contributed by atoms with Crippen molar-refractivity contribution in [3.8, 4) is 23.0 Å². The summed E-state index contributed by atoms with van der Waals surface area (Å²) in [6.07, 6.45) is 0. The highest BCUT2D eigenvalue weighted by atomic mass is 35.5. The van der Waals surface area contributed by atoms with Gasteiger partial charge in [-0.3, -0.25) is 9.59 Å². The summed E-state index contributed by atoms with van der Waals surface area (Å²) in [6.45, 7) is 0. The molecule has 1 aliphatic rings. The molecule has 7 heteroatoms. The Morgan fingerprint density at radius 1 is 0.917 bits per heavy atom. The molecule has 0 aromatic heterocycles. The molecule has 0 bridgehead atoms. The minimum Gasteiger partial charge on any atom is -0.507 e. The van der Waals surface area contributed by atoms with Crippen LogP contribution in [-0.2, 0) is 0 Å². The van der Waals surface area contributed by atoms with Gasteiger partial charge in [0.1, 0.15) is 28.0 Å². The van der Waals surface area contributed by atoms with Crippen molar-refractivity contribution >= 4 is 23.2 Å². The lowest BCUT2D eigenvalue weighted by Gasteiger charge is -2.19. The smallest absolute Gasteiger partial charge is 0.234 e. The molecule has 0 radical (unpaired) electrons. The summed E-state index contributed by atoms with van der Waals surface area (Å²) >= 11 is 5.96. The highest BCUT2D eigenvalue weighted by molar-refractivity contribution is 6.50. The van der Waals surface area contributed by atoms with Crippen LogP contribution in [-0.4, -0.2) is 28.9 Å². The molecule has 0 aliphatic heterocycles. The third-order valence-electron chi connectivity index (χ3n) is 3.48. The van der Waals surface area contributed by atoms with Crippen LogP contribution in [0.5, 0.6) is 23.0 Å². The van der Waals surface area contributed by atoms with Crippen molar-refractivity contribution in [2.75, 3.05) is 7.11 Å². The van der Waals surface area contributed by atoms with E-state index < -0.39 is 33.9 Å². The normalized spacial score (nSPS) is 13.8. The van der Waals surface area contributed by atoms with Crippen molar-refractivity contribution in [1.82, 2.24) is 0 Å². The molecule has 0 atom stereocenters. The highest BCUT2D eigenvalue weighted by Crippen LogP contribution is 2.39. The Hall–Kier alpha value is -2.99. The number of ketones is 2. The zero-order valence-electron chi connectivity index (χ0n) is 12.4. The van der Waals surface area contributed by atoms with Gasteiger partial charge in [-0.25, -0.2) is 0 Å². The Morgan fingerprint density at radius 2 is 1.50 bits per heavy atom. The molecular weight excluding hydrogens is 336 g/mol. The number of ether oxygens (including phenoxy) is 2. The summed E-state index contributed by atoms with van der Waals surface area (Å²) in [6, 6.07) is 8.59. The highest BCUT2D eigenvalue weighted by Gasteiger charge is 2.37. The summed E-state index contributed by atoms with van der Waals surface area (Å²) in [5.74, 6) is -2.21. The number of carbonyl (C=O) groups excluding carboxylic acids is 2. The molecular formula is C17H11ClO6. The van der Waals surface area contributed by atoms with E-state index in [9.17, 15) is 19.8 Å². The topological polar surface area (TPSA) is 93.1 Å². The monoisotopic (exact) mass is 346 g/mol. The van der Waals surface area contributed by atoms with Crippen LogP contribution in [0.25, 0.3) is 0 Å². The molecule has 1 aliphatic carbocycles. The van der Waals surface area contributed by atoms with Crippen LogP contribution in [0.2, 0.25) is 0 Å². The van der Waals surface area contributed by atoms with E-state index in [1.54, 1.807) is 18.2 Å². The molecule has 2 N–H and O–H groups in total. The van der Waals surface area contributed by atoms with Crippen molar-refractivity contribution in [2.45, 2.75) is 0 Å². The van der Waals surface area contributed by atoms with E-state index in [4.69, 9.17) is 21.1 Å². The molecule has 24 heavy (non-hydrogen) atoms. The molecule has 0 amide bonds. The quantitative estimate of drug-likeness (QED) is 0.830. The number of phenolic OH excluding ortho intramolecular Hbond substituents is 2. The number of hydrogen-bond acceptors (Lipinski definition) is 6. The van der Waals surface area contributed by atoms with Gasteiger partial charge in [-0.15, -0.1) is 0 Å². The van der Waals surface area contributed by atoms with Crippen molar-refractivity contribution in [2.24, 2.45) is 0 Å². The molecule has 6 nitrogen and oxygen atoms in total. The van der Waals surface area contributed by atoms with Crippen LogP contribution in [0.15, 0.2) is 47.2 Å². The first-order valence-corrected chi connectivity index (χ1v) is 7.18. The molecule has 0 saturated heterocycles. The average Bonchev–Trinajstić information content (AvgIpc) is 2.58. The minimum atomic E-state index is -0.808. The van der Waals surface area contributed by atoms with E-state index in [-0.39, 0.29) is 16.9 Å². The van der Waals surface area contributed by atoms with Crippen molar-refractivity contribution in [3.05, 3.63) is 58.3 Å². The second-order valence-corrected chi connectivity index (χ2v) is 5.31. The lowest BCUT2D eigenvalue weighted by molar-refractivity contribution is 0.0938. The SMILES string of the molecule is COc1cccc(OC2=C(Cl)C(=O)c3c(O)ccc(O)c3C2=O)c1. The number of halogens is 1. The number of methoxy groups -OCH3 is 1. The third-order valence-corrected chi connectivity index (χ3v) is 3.82. The van der Waals surface area contributed by atoms with Gasteiger partial charge >= 0.3 is 0 Å². The Balaban J connectivity index is 2.09. The first-order chi connectivity index (χ1) is 11.4. The number of Topliss-reactive ketones (excluding diaryl/α,β-unsaturated/α-hetero) is 2. The number of allylic oxidation sites excluding steroid dienone is 2. The Morgan fingerprint density at radius 3 is 2.12 bits per heavy atom. The molecule has 2 aromatic rings.